The van der Waals surface area contributed by atoms with E-state index in [0.29, 0.717) is 0 Å². The Labute approximate surface area is 56.2 Å². The van der Waals surface area contributed by atoms with Gasteiger partial charge in [-0.15, -0.1) is 0 Å². The Hall–Kier alpha value is -0.0800. The Balaban J connectivity index is 2.08. The van der Waals surface area contributed by atoms with Crippen molar-refractivity contribution in [2.45, 2.75) is 26.2 Å². The Morgan fingerprint density at radius 2 is 2.44 bits per heavy atom. The third kappa shape index (κ3) is 2.33. The van der Waals surface area contributed by atoms with Crippen LogP contribution in [0, 0.1) is 6.29 Å². The van der Waals surface area contributed by atoms with Crippen LogP contribution in [-0.2, 0) is 9.47 Å². The smallest absolute Gasteiger partial charge is 0.223 e. The fourth-order valence-electron chi connectivity index (χ4n) is 0.904. The molecule has 2 heteroatoms. The molecule has 0 N–H and O–H groups in total. The lowest BCUT2D eigenvalue weighted by atomic mass is 10.2. The van der Waals surface area contributed by atoms with Gasteiger partial charge in [-0.3, -0.25) is 0 Å². The minimum absolute atomic E-state index is 0.731. The summed E-state index contributed by atoms with van der Waals surface area (Å²) in [5.41, 5.74) is 0. The zero-order chi connectivity index (χ0) is 6.53. The molecule has 1 aliphatic heterocycles. The minimum Gasteiger partial charge on any atom is -0.346 e. The Morgan fingerprint density at radius 1 is 1.56 bits per heavy atom. The second kappa shape index (κ2) is 3.85. The first kappa shape index (κ1) is 7.03. The second-order valence-corrected chi connectivity index (χ2v) is 2.11. The average Bonchev–Trinajstić information content (AvgIpc) is 1.91. The van der Waals surface area contributed by atoms with Crippen LogP contribution in [0.5, 0.6) is 0 Å². The van der Waals surface area contributed by atoms with Crippen molar-refractivity contribution in [2.75, 3.05) is 13.2 Å². The molecular weight excluding hydrogens is 116 g/mol. The van der Waals surface area contributed by atoms with Gasteiger partial charge in [0.15, 0.2) is 0 Å². The van der Waals surface area contributed by atoms with E-state index in [1.54, 1.807) is 0 Å². The lowest BCUT2D eigenvalue weighted by Crippen LogP contribution is -2.13. The molecule has 0 atom stereocenters. The number of hydrogen-bond acceptors (Lipinski definition) is 2. The van der Waals surface area contributed by atoms with Crippen molar-refractivity contribution >= 4 is 0 Å². The van der Waals surface area contributed by atoms with Gasteiger partial charge in [-0.25, -0.2) is 0 Å². The third-order valence-corrected chi connectivity index (χ3v) is 1.34. The quantitative estimate of drug-likeness (QED) is 0.565. The van der Waals surface area contributed by atoms with Crippen molar-refractivity contribution in [3.8, 4) is 0 Å². The summed E-state index contributed by atoms with van der Waals surface area (Å²) in [6.45, 7) is 3.55. The molecule has 1 fully saturated rings. The number of rotatable bonds is 2. The van der Waals surface area contributed by atoms with Crippen LogP contribution >= 0.6 is 0 Å². The summed E-state index contributed by atoms with van der Waals surface area (Å²) >= 11 is 0. The van der Waals surface area contributed by atoms with Crippen molar-refractivity contribution < 1.29 is 9.47 Å². The van der Waals surface area contributed by atoms with E-state index in [0.717, 1.165) is 25.9 Å². The molecule has 53 valence electrons. The highest BCUT2D eigenvalue weighted by molar-refractivity contribution is 4.69. The molecule has 0 bridgehead atoms. The first-order valence-electron chi connectivity index (χ1n) is 3.55. The van der Waals surface area contributed by atoms with E-state index in [4.69, 9.17) is 9.47 Å². The highest BCUT2D eigenvalue weighted by Gasteiger charge is 2.14. The predicted molar refractivity (Wildman–Crippen MR) is 34.7 cm³/mol. The number of hydrogen-bond donors (Lipinski definition) is 0. The summed E-state index contributed by atoms with van der Waals surface area (Å²) in [4.78, 5) is 0. The van der Waals surface area contributed by atoms with Crippen LogP contribution in [0.1, 0.15) is 26.2 Å². The van der Waals surface area contributed by atoms with Crippen LogP contribution < -0.4 is 0 Å². The molecule has 0 aromatic heterocycles. The highest BCUT2D eigenvalue weighted by Crippen LogP contribution is 2.19. The monoisotopic (exact) mass is 129 g/mol. The fraction of sp³-hybridized carbons (Fsp3) is 0.857. The van der Waals surface area contributed by atoms with Crippen molar-refractivity contribution in [1.82, 2.24) is 0 Å². The van der Waals surface area contributed by atoms with E-state index in [1.165, 1.54) is 12.8 Å². The van der Waals surface area contributed by atoms with E-state index in [-0.39, 0.29) is 0 Å². The van der Waals surface area contributed by atoms with Crippen LogP contribution in [-0.4, -0.2) is 13.2 Å². The van der Waals surface area contributed by atoms with Gasteiger partial charge in [-0.1, -0.05) is 0 Å². The molecule has 2 nitrogen and oxygen atoms in total. The number of ether oxygens (including phenoxy) is 2. The molecule has 1 aliphatic rings. The summed E-state index contributed by atoms with van der Waals surface area (Å²) < 4.78 is 10.4. The Bertz CT molecular complexity index is 64.6. The zero-order valence-electron chi connectivity index (χ0n) is 5.85. The summed E-state index contributed by atoms with van der Waals surface area (Å²) in [7, 11) is 0. The molecule has 1 heterocycles. The summed E-state index contributed by atoms with van der Waals surface area (Å²) in [5, 5.41) is 0. The summed E-state index contributed by atoms with van der Waals surface area (Å²) in [6, 6.07) is 0. The lowest BCUT2D eigenvalue weighted by Gasteiger charge is -2.19. The Kier molecular flexibility index (Phi) is 3.01. The maximum Gasteiger partial charge on any atom is 0.223 e. The first-order chi connectivity index (χ1) is 4.43. The zero-order valence-corrected chi connectivity index (χ0v) is 5.85. The minimum atomic E-state index is 0.731. The van der Waals surface area contributed by atoms with Gasteiger partial charge in [0.1, 0.15) is 0 Å². The van der Waals surface area contributed by atoms with Gasteiger partial charge in [0.25, 0.3) is 0 Å². The molecule has 9 heavy (non-hydrogen) atoms. The van der Waals surface area contributed by atoms with Crippen LogP contribution in [0.3, 0.4) is 0 Å². The van der Waals surface area contributed by atoms with E-state index >= 15 is 0 Å². The second-order valence-electron chi connectivity index (χ2n) is 2.11. The van der Waals surface area contributed by atoms with Gasteiger partial charge in [-0.05, 0) is 19.8 Å². The molecule has 0 aromatic rings. The van der Waals surface area contributed by atoms with E-state index < -0.39 is 0 Å². The fourth-order valence-corrected chi connectivity index (χ4v) is 0.904. The standard InChI is InChI=1S/C7H13O2/c1-2-8-7-5-3-4-6-9-7/h2-6H2,1H3. The maximum absolute atomic E-state index is 5.21. The van der Waals surface area contributed by atoms with E-state index in [2.05, 4.69) is 0 Å². The molecule has 0 saturated carbocycles. The Morgan fingerprint density at radius 3 is 3.00 bits per heavy atom. The van der Waals surface area contributed by atoms with Crippen molar-refractivity contribution in [3.63, 3.8) is 0 Å². The normalized spacial score (nSPS) is 22.3. The molecule has 1 rings (SSSR count). The summed E-state index contributed by atoms with van der Waals surface area (Å²) in [6.07, 6.45) is 4.23. The van der Waals surface area contributed by atoms with Crippen molar-refractivity contribution in [3.05, 3.63) is 6.29 Å². The summed E-state index contributed by atoms with van der Waals surface area (Å²) in [5.74, 6) is 0. The first-order valence-corrected chi connectivity index (χ1v) is 3.55. The maximum atomic E-state index is 5.21. The molecule has 0 aromatic carbocycles. The van der Waals surface area contributed by atoms with Crippen LogP contribution in [0.15, 0.2) is 0 Å². The van der Waals surface area contributed by atoms with Gasteiger partial charge < -0.3 is 9.47 Å². The van der Waals surface area contributed by atoms with Gasteiger partial charge in [0.2, 0.25) is 6.29 Å². The van der Waals surface area contributed by atoms with Crippen molar-refractivity contribution in [2.24, 2.45) is 0 Å². The molecular formula is C7H13O2. The average molecular weight is 129 g/mol. The van der Waals surface area contributed by atoms with E-state index in [9.17, 15) is 0 Å². The largest absolute Gasteiger partial charge is 0.346 e. The molecule has 0 spiro atoms. The molecule has 0 amide bonds. The van der Waals surface area contributed by atoms with Gasteiger partial charge in [0.05, 0.1) is 6.61 Å². The van der Waals surface area contributed by atoms with Crippen LogP contribution in [0.2, 0.25) is 0 Å². The van der Waals surface area contributed by atoms with Crippen molar-refractivity contribution in [1.29, 1.82) is 0 Å². The molecule has 1 saturated heterocycles. The van der Waals surface area contributed by atoms with Crippen LogP contribution in [0.4, 0.5) is 0 Å². The van der Waals surface area contributed by atoms with Crippen LogP contribution in [0.25, 0.3) is 0 Å². The molecule has 0 aliphatic carbocycles. The van der Waals surface area contributed by atoms with Gasteiger partial charge >= 0.3 is 0 Å². The van der Waals surface area contributed by atoms with E-state index in [1.807, 2.05) is 6.92 Å². The molecule has 1 radical (unpaired) electrons. The highest BCUT2D eigenvalue weighted by atomic mass is 16.7. The van der Waals surface area contributed by atoms with Gasteiger partial charge in [-0.2, -0.15) is 0 Å². The van der Waals surface area contributed by atoms with Gasteiger partial charge in [0, 0.05) is 13.0 Å². The SMILES string of the molecule is CCO[C]1CCCCO1. The topological polar surface area (TPSA) is 18.5 Å². The molecule has 0 unspecified atom stereocenters. The lowest BCUT2D eigenvalue weighted by molar-refractivity contribution is -0.0652. The third-order valence-electron chi connectivity index (χ3n) is 1.34. The predicted octanol–water partition coefficient (Wildman–Crippen LogP) is 1.71.